The maximum Gasteiger partial charge on any atom is 0.135 e. The highest BCUT2D eigenvalue weighted by Crippen LogP contribution is 2.48. The second-order valence-electron chi connectivity index (χ2n) is 9.30. The van der Waals surface area contributed by atoms with Crippen LogP contribution in [0.1, 0.15) is 0 Å². The molecular formula is C34H20OS. The first-order valence-corrected chi connectivity index (χ1v) is 13.0. The summed E-state index contributed by atoms with van der Waals surface area (Å²) in [5, 5.41) is 5.06. The Bertz CT molecular complexity index is 1970. The summed E-state index contributed by atoms with van der Waals surface area (Å²) in [5.74, 6) is 1.84. The largest absolute Gasteiger partial charge is 0.456 e. The second kappa shape index (κ2) is 7.55. The summed E-state index contributed by atoms with van der Waals surface area (Å²) in [6.45, 7) is 0. The highest BCUT2D eigenvalue weighted by molar-refractivity contribution is 7.25. The third kappa shape index (κ3) is 2.82. The molecule has 0 radical (unpaired) electrons. The summed E-state index contributed by atoms with van der Waals surface area (Å²) in [4.78, 5) is 0. The monoisotopic (exact) mass is 476 g/mol. The quantitative estimate of drug-likeness (QED) is 0.241. The van der Waals surface area contributed by atoms with E-state index in [0.29, 0.717) is 0 Å². The van der Waals surface area contributed by atoms with Gasteiger partial charge in [0.1, 0.15) is 11.5 Å². The van der Waals surface area contributed by atoms with Crippen LogP contribution in [0.3, 0.4) is 0 Å². The fourth-order valence-corrected chi connectivity index (χ4v) is 6.83. The summed E-state index contributed by atoms with van der Waals surface area (Å²) in [6, 6.07) is 43.6. The van der Waals surface area contributed by atoms with Gasteiger partial charge in [-0.1, -0.05) is 91.0 Å². The van der Waals surface area contributed by atoms with Gasteiger partial charge in [0.05, 0.1) is 0 Å². The Hall–Kier alpha value is -4.40. The predicted molar refractivity (Wildman–Crippen MR) is 153 cm³/mol. The zero-order chi connectivity index (χ0) is 23.6. The topological polar surface area (TPSA) is 9.23 Å². The van der Waals surface area contributed by atoms with E-state index >= 15 is 0 Å². The molecule has 0 fully saturated rings. The van der Waals surface area contributed by atoms with Gasteiger partial charge in [0.15, 0.2) is 0 Å². The molecule has 7 aromatic rings. The van der Waals surface area contributed by atoms with E-state index in [1.165, 1.54) is 58.8 Å². The molecule has 2 heteroatoms. The maximum atomic E-state index is 6.35. The number of thiophene rings is 1. The number of hydrogen-bond acceptors (Lipinski definition) is 2. The first kappa shape index (κ1) is 19.9. The van der Waals surface area contributed by atoms with Crippen molar-refractivity contribution in [3.05, 3.63) is 121 Å². The minimum atomic E-state index is 0.911. The molecule has 0 amide bonds. The molecule has 0 bridgehead atoms. The van der Waals surface area contributed by atoms with Crippen molar-refractivity contribution >= 4 is 42.3 Å². The fourth-order valence-electron chi connectivity index (χ4n) is 5.70. The number of fused-ring (bicyclic) bond motifs is 5. The van der Waals surface area contributed by atoms with Crippen molar-refractivity contribution in [3.8, 4) is 44.9 Å². The number of hydrogen-bond donors (Lipinski definition) is 0. The van der Waals surface area contributed by atoms with Crippen molar-refractivity contribution in [1.29, 1.82) is 0 Å². The lowest BCUT2D eigenvalue weighted by Gasteiger charge is -2.22. The highest BCUT2D eigenvalue weighted by Gasteiger charge is 2.21. The number of ether oxygens (including phenoxy) is 1. The van der Waals surface area contributed by atoms with Crippen LogP contribution in [0.15, 0.2) is 121 Å². The molecule has 2 heterocycles. The predicted octanol–water partition coefficient (Wildman–Crippen LogP) is 10.3. The van der Waals surface area contributed by atoms with Crippen LogP contribution in [0.4, 0.5) is 0 Å². The third-order valence-corrected chi connectivity index (χ3v) is 8.42. The Morgan fingerprint density at radius 1 is 0.444 bits per heavy atom. The highest BCUT2D eigenvalue weighted by atomic mass is 32.1. The molecule has 0 unspecified atom stereocenters. The average Bonchev–Trinajstić information content (AvgIpc) is 3.32. The standard InChI is InChI=1S/C34H20OS/c1-2-11-24(25-14-7-17-32-34(25)27-12-3-4-16-31(27)36-32)23(10-1)22-18-19-29-28(20-22)26-13-5-8-21-9-6-15-30(35-29)33(21)26/h1-20H. The van der Waals surface area contributed by atoms with Crippen LogP contribution in [0.2, 0.25) is 0 Å². The lowest BCUT2D eigenvalue weighted by atomic mass is 9.89. The fraction of sp³-hybridized carbons (Fsp3) is 0. The molecular weight excluding hydrogens is 456 g/mol. The SMILES string of the molecule is c1ccc(-c2cccc3sc4ccccc4c23)c(-c2ccc3c(c2)-c2cccc4cccc(c24)O3)c1. The van der Waals surface area contributed by atoms with E-state index in [-0.39, 0.29) is 0 Å². The normalized spacial score (nSPS) is 12.1. The van der Waals surface area contributed by atoms with Gasteiger partial charge < -0.3 is 4.74 Å². The zero-order valence-electron chi connectivity index (χ0n) is 19.4. The van der Waals surface area contributed by atoms with E-state index in [1.807, 2.05) is 11.3 Å². The van der Waals surface area contributed by atoms with Gasteiger partial charge in [-0.2, -0.15) is 0 Å². The van der Waals surface area contributed by atoms with Crippen LogP contribution in [-0.4, -0.2) is 0 Å². The van der Waals surface area contributed by atoms with Gasteiger partial charge in [-0.25, -0.2) is 0 Å². The smallest absolute Gasteiger partial charge is 0.135 e. The van der Waals surface area contributed by atoms with Crippen molar-refractivity contribution in [3.63, 3.8) is 0 Å². The molecule has 1 nitrogen and oxygen atoms in total. The summed E-state index contributed by atoms with van der Waals surface area (Å²) >= 11 is 1.86. The Morgan fingerprint density at radius 2 is 1.14 bits per heavy atom. The van der Waals surface area contributed by atoms with Gasteiger partial charge in [-0.05, 0) is 63.5 Å². The van der Waals surface area contributed by atoms with Crippen LogP contribution in [0, 0.1) is 0 Å². The van der Waals surface area contributed by atoms with Gasteiger partial charge in [0.2, 0.25) is 0 Å². The molecule has 0 N–H and O–H groups in total. The van der Waals surface area contributed by atoms with Crippen LogP contribution >= 0.6 is 11.3 Å². The first-order chi connectivity index (χ1) is 17.8. The molecule has 1 aromatic heterocycles. The Morgan fingerprint density at radius 3 is 2.06 bits per heavy atom. The van der Waals surface area contributed by atoms with Crippen molar-refractivity contribution in [2.45, 2.75) is 0 Å². The molecule has 0 spiro atoms. The van der Waals surface area contributed by atoms with Crippen molar-refractivity contribution in [2.75, 3.05) is 0 Å². The lowest BCUT2D eigenvalue weighted by Crippen LogP contribution is -1.97. The molecule has 0 aliphatic carbocycles. The summed E-state index contributed by atoms with van der Waals surface area (Å²) in [7, 11) is 0. The number of rotatable bonds is 2. The minimum Gasteiger partial charge on any atom is -0.456 e. The zero-order valence-corrected chi connectivity index (χ0v) is 20.2. The van der Waals surface area contributed by atoms with E-state index in [0.717, 1.165) is 17.1 Å². The Balaban J connectivity index is 1.37. The van der Waals surface area contributed by atoms with E-state index < -0.39 is 0 Å². The van der Waals surface area contributed by atoms with Crippen molar-refractivity contribution in [1.82, 2.24) is 0 Å². The van der Waals surface area contributed by atoms with Crippen LogP contribution in [0.5, 0.6) is 11.5 Å². The average molecular weight is 477 g/mol. The summed E-state index contributed by atoms with van der Waals surface area (Å²) in [6.07, 6.45) is 0. The second-order valence-corrected chi connectivity index (χ2v) is 10.4. The molecule has 36 heavy (non-hydrogen) atoms. The Labute approximate surface area is 212 Å². The minimum absolute atomic E-state index is 0.911. The third-order valence-electron chi connectivity index (χ3n) is 7.29. The van der Waals surface area contributed by atoms with Crippen molar-refractivity contribution < 1.29 is 4.74 Å². The van der Waals surface area contributed by atoms with Gasteiger partial charge in [0, 0.05) is 31.1 Å². The van der Waals surface area contributed by atoms with E-state index in [4.69, 9.17) is 4.74 Å². The van der Waals surface area contributed by atoms with E-state index in [9.17, 15) is 0 Å². The van der Waals surface area contributed by atoms with Crippen LogP contribution in [0.25, 0.3) is 64.3 Å². The van der Waals surface area contributed by atoms with Gasteiger partial charge in [0.25, 0.3) is 0 Å². The molecule has 0 atom stereocenters. The van der Waals surface area contributed by atoms with Crippen LogP contribution in [-0.2, 0) is 0 Å². The molecule has 1 aliphatic rings. The van der Waals surface area contributed by atoms with Gasteiger partial charge in [-0.15, -0.1) is 11.3 Å². The maximum absolute atomic E-state index is 6.35. The van der Waals surface area contributed by atoms with Gasteiger partial charge in [-0.3, -0.25) is 0 Å². The molecule has 0 saturated heterocycles. The number of benzene rings is 6. The Kier molecular flexibility index (Phi) is 4.16. The van der Waals surface area contributed by atoms with Gasteiger partial charge >= 0.3 is 0 Å². The molecule has 8 rings (SSSR count). The first-order valence-electron chi connectivity index (χ1n) is 12.2. The molecule has 1 aliphatic heterocycles. The lowest BCUT2D eigenvalue weighted by molar-refractivity contribution is 0.487. The molecule has 0 saturated carbocycles. The summed E-state index contributed by atoms with van der Waals surface area (Å²) < 4.78 is 9.01. The van der Waals surface area contributed by atoms with E-state index in [1.54, 1.807) is 0 Å². The van der Waals surface area contributed by atoms with E-state index in [2.05, 4.69) is 121 Å². The molecule has 6 aromatic carbocycles. The van der Waals surface area contributed by atoms with Crippen LogP contribution < -0.4 is 4.74 Å². The summed E-state index contributed by atoms with van der Waals surface area (Å²) in [5.41, 5.74) is 7.33. The van der Waals surface area contributed by atoms with Crippen molar-refractivity contribution in [2.24, 2.45) is 0 Å². The molecule has 168 valence electrons.